The Labute approximate surface area is 192 Å². The third-order valence-electron chi connectivity index (χ3n) is 5.00. The van der Waals surface area contributed by atoms with Gasteiger partial charge in [0.1, 0.15) is 16.8 Å². The molecule has 0 aliphatic rings. The molecule has 0 aliphatic carbocycles. The van der Waals surface area contributed by atoms with Gasteiger partial charge in [-0.25, -0.2) is 12.8 Å². The van der Waals surface area contributed by atoms with Gasteiger partial charge < -0.3 is 4.90 Å². The Kier molecular flexibility index (Phi) is 6.34. The highest BCUT2D eigenvalue weighted by Crippen LogP contribution is 2.34. The molecule has 4 aromatic rings. The Morgan fingerprint density at radius 1 is 0.727 bits per heavy atom. The van der Waals surface area contributed by atoms with Crippen molar-refractivity contribution in [1.82, 2.24) is 0 Å². The molecule has 0 fully saturated rings. The van der Waals surface area contributed by atoms with Crippen molar-refractivity contribution in [2.75, 3.05) is 4.90 Å². The predicted octanol–water partition coefficient (Wildman–Crippen LogP) is 6.63. The highest BCUT2D eigenvalue weighted by atomic mass is 32.2. The van der Waals surface area contributed by atoms with E-state index in [-0.39, 0.29) is 4.90 Å². The van der Waals surface area contributed by atoms with Crippen LogP contribution in [0.15, 0.2) is 119 Å². The molecular weight excluding hydrogens is 435 g/mol. The molecule has 0 unspecified atom stereocenters. The van der Waals surface area contributed by atoms with Crippen molar-refractivity contribution < 1.29 is 12.8 Å². The topological polar surface area (TPSA) is 61.2 Å². The molecule has 0 atom stereocenters. The first kappa shape index (κ1) is 22.0. The molecule has 0 amide bonds. The number of benzene rings is 4. The van der Waals surface area contributed by atoms with Crippen LogP contribution in [-0.2, 0) is 9.84 Å². The van der Waals surface area contributed by atoms with Gasteiger partial charge in [-0.2, -0.15) is 5.26 Å². The Morgan fingerprint density at radius 2 is 1.21 bits per heavy atom. The smallest absolute Gasteiger partial charge is 0.216 e. The number of allylic oxidation sites excluding steroid dienone is 1. The minimum atomic E-state index is -4.06. The third kappa shape index (κ3) is 4.84. The van der Waals surface area contributed by atoms with Crippen molar-refractivity contribution in [3.05, 3.63) is 125 Å². The van der Waals surface area contributed by atoms with Gasteiger partial charge in [-0.15, -0.1) is 0 Å². The molecule has 0 radical (unpaired) electrons. The second-order valence-corrected chi connectivity index (χ2v) is 9.09. The fraction of sp³-hybridized carbons (Fsp3) is 0. The van der Waals surface area contributed by atoms with Gasteiger partial charge in [-0.1, -0.05) is 48.5 Å². The number of nitrogens with zero attached hydrogens (tertiary/aromatic N) is 2. The van der Waals surface area contributed by atoms with E-state index >= 15 is 0 Å². The number of sulfone groups is 1. The van der Waals surface area contributed by atoms with Crippen LogP contribution in [0.5, 0.6) is 0 Å². The zero-order chi connectivity index (χ0) is 23.3. The van der Waals surface area contributed by atoms with Gasteiger partial charge in [0.2, 0.25) is 9.84 Å². The minimum absolute atomic E-state index is 0.132. The maximum Gasteiger partial charge on any atom is 0.216 e. The summed E-state index contributed by atoms with van der Waals surface area (Å²) in [4.78, 5) is 1.53. The summed E-state index contributed by atoms with van der Waals surface area (Å²) in [5.74, 6) is -0.548. The summed E-state index contributed by atoms with van der Waals surface area (Å²) in [6, 6.07) is 33.2. The summed E-state index contributed by atoms with van der Waals surface area (Å²) in [7, 11) is -4.06. The molecule has 0 heterocycles. The number of hydrogen-bond donors (Lipinski definition) is 0. The first-order valence-electron chi connectivity index (χ1n) is 10.1. The van der Waals surface area contributed by atoms with Crippen molar-refractivity contribution >= 4 is 33.0 Å². The van der Waals surface area contributed by atoms with Gasteiger partial charge >= 0.3 is 0 Å². The fourth-order valence-electron chi connectivity index (χ4n) is 3.38. The van der Waals surface area contributed by atoms with E-state index in [9.17, 15) is 18.1 Å². The Balaban J connectivity index is 1.70. The van der Waals surface area contributed by atoms with Gasteiger partial charge in [0, 0.05) is 17.1 Å². The van der Waals surface area contributed by atoms with Crippen molar-refractivity contribution in [2.24, 2.45) is 0 Å². The van der Waals surface area contributed by atoms with E-state index < -0.39 is 20.6 Å². The van der Waals surface area contributed by atoms with Gasteiger partial charge in [0.25, 0.3) is 0 Å². The molecule has 0 aromatic heterocycles. The maximum atomic E-state index is 13.2. The van der Waals surface area contributed by atoms with E-state index in [1.54, 1.807) is 18.2 Å². The van der Waals surface area contributed by atoms with Gasteiger partial charge in [0.15, 0.2) is 0 Å². The molecular formula is C27H19FN2O2S. The molecule has 0 saturated heterocycles. The van der Waals surface area contributed by atoms with Crippen LogP contribution in [0.3, 0.4) is 0 Å². The molecule has 4 aromatic carbocycles. The number of hydrogen-bond acceptors (Lipinski definition) is 4. The first-order chi connectivity index (χ1) is 16.0. The second-order valence-electron chi connectivity index (χ2n) is 7.18. The lowest BCUT2D eigenvalue weighted by molar-refractivity contribution is 0.601. The lowest BCUT2D eigenvalue weighted by Crippen LogP contribution is -2.09. The molecule has 162 valence electrons. The summed E-state index contributed by atoms with van der Waals surface area (Å²) in [6.45, 7) is 0. The van der Waals surface area contributed by atoms with Crippen LogP contribution in [0, 0.1) is 17.1 Å². The normalized spacial score (nSPS) is 11.6. The average Bonchev–Trinajstić information content (AvgIpc) is 2.85. The molecule has 0 aliphatic heterocycles. The van der Waals surface area contributed by atoms with Crippen LogP contribution < -0.4 is 4.90 Å². The number of para-hydroxylation sites is 2. The van der Waals surface area contributed by atoms with Crippen molar-refractivity contribution in [3.63, 3.8) is 0 Å². The van der Waals surface area contributed by atoms with Crippen LogP contribution >= 0.6 is 0 Å². The highest BCUT2D eigenvalue weighted by molar-refractivity contribution is 7.95. The van der Waals surface area contributed by atoms with Crippen LogP contribution in [0.1, 0.15) is 5.56 Å². The van der Waals surface area contributed by atoms with Gasteiger partial charge in [-0.05, 0) is 72.3 Å². The summed E-state index contributed by atoms with van der Waals surface area (Å²) in [5.41, 5.74) is 3.39. The molecule has 6 heteroatoms. The first-order valence-corrected chi connectivity index (χ1v) is 11.6. The fourth-order valence-corrected chi connectivity index (χ4v) is 4.54. The van der Waals surface area contributed by atoms with Crippen LogP contribution in [-0.4, -0.2) is 8.42 Å². The number of anilines is 3. The lowest BCUT2D eigenvalue weighted by atomic mass is 10.1. The van der Waals surface area contributed by atoms with E-state index in [1.165, 1.54) is 6.08 Å². The van der Waals surface area contributed by atoms with Crippen molar-refractivity contribution in [1.29, 1.82) is 5.26 Å². The molecule has 4 nitrogen and oxygen atoms in total. The monoisotopic (exact) mass is 454 g/mol. The van der Waals surface area contributed by atoms with Crippen LogP contribution in [0.4, 0.5) is 21.5 Å². The number of rotatable bonds is 6. The van der Waals surface area contributed by atoms with Crippen molar-refractivity contribution in [2.45, 2.75) is 4.90 Å². The van der Waals surface area contributed by atoms with E-state index in [0.29, 0.717) is 5.56 Å². The largest absolute Gasteiger partial charge is 0.311 e. The quantitative estimate of drug-likeness (QED) is 0.242. The Bertz CT molecular complexity index is 1370. The third-order valence-corrected chi connectivity index (χ3v) is 6.68. The number of nitriles is 1. The number of halogens is 1. The van der Waals surface area contributed by atoms with Crippen molar-refractivity contribution in [3.8, 4) is 6.07 Å². The predicted molar refractivity (Wildman–Crippen MR) is 128 cm³/mol. The summed E-state index contributed by atoms with van der Waals surface area (Å²) in [6.07, 6.45) is 1.32. The van der Waals surface area contributed by atoms with E-state index in [1.807, 2.05) is 72.8 Å². The zero-order valence-electron chi connectivity index (χ0n) is 17.5. The average molecular weight is 455 g/mol. The second kappa shape index (κ2) is 9.51. The summed E-state index contributed by atoms with van der Waals surface area (Å²) in [5, 5.41) is 9.50. The zero-order valence-corrected chi connectivity index (χ0v) is 18.3. The minimum Gasteiger partial charge on any atom is -0.311 e. The van der Waals surface area contributed by atoms with Gasteiger partial charge in [0.05, 0.1) is 4.90 Å². The van der Waals surface area contributed by atoms with Gasteiger partial charge in [-0.3, -0.25) is 0 Å². The van der Waals surface area contributed by atoms with Crippen LogP contribution in [0.25, 0.3) is 6.08 Å². The summed E-state index contributed by atoms with van der Waals surface area (Å²) >= 11 is 0. The molecule has 0 N–H and O–H groups in total. The summed E-state index contributed by atoms with van der Waals surface area (Å²) < 4.78 is 38.8. The van der Waals surface area contributed by atoms with E-state index in [4.69, 9.17) is 0 Å². The Hall–Kier alpha value is -4.21. The van der Waals surface area contributed by atoms with E-state index in [2.05, 4.69) is 4.90 Å². The Morgan fingerprint density at radius 3 is 1.70 bits per heavy atom. The SMILES string of the molecule is N#CC(=Cc1ccc(N(c2ccccc2)c2ccccc2)cc1)S(=O)(=O)c1ccc(F)cc1. The molecule has 0 saturated carbocycles. The standard InChI is InChI=1S/C27H19FN2O2S/c28-22-13-17-26(18-14-22)33(31,32)27(20-29)19-21-11-15-25(16-12-21)30(23-7-3-1-4-8-23)24-9-5-2-6-10-24/h1-19H. The highest BCUT2D eigenvalue weighted by Gasteiger charge is 2.21. The molecule has 4 rings (SSSR count). The van der Waals surface area contributed by atoms with Crippen LogP contribution in [0.2, 0.25) is 0 Å². The van der Waals surface area contributed by atoms with E-state index in [0.717, 1.165) is 41.3 Å². The molecule has 0 spiro atoms. The maximum absolute atomic E-state index is 13.2. The lowest BCUT2D eigenvalue weighted by Gasteiger charge is -2.25. The molecule has 33 heavy (non-hydrogen) atoms. The molecule has 0 bridgehead atoms.